The van der Waals surface area contributed by atoms with E-state index in [4.69, 9.17) is 16.3 Å². The number of halogens is 2. The maximum atomic E-state index is 13.9. The molecule has 21 heavy (non-hydrogen) atoms. The SMILES string of the molecule is CCCNC(c1ccc(OC)c(F)c1)c1ccc(Cl)cn1. The summed E-state index contributed by atoms with van der Waals surface area (Å²) < 4.78 is 18.9. The van der Waals surface area contributed by atoms with Crippen LogP contribution in [0.2, 0.25) is 5.02 Å². The smallest absolute Gasteiger partial charge is 0.165 e. The molecule has 1 atom stereocenters. The van der Waals surface area contributed by atoms with Gasteiger partial charge in [0.25, 0.3) is 0 Å². The highest BCUT2D eigenvalue weighted by molar-refractivity contribution is 6.30. The first-order chi connectivity index (χ1) is 10.2. The van der Waals surface area contributed by atoms with Gasteiger partial charge in [-0.15, -0.1) is 0 Å². The lowest BCUT2D eigenvalue weighted by atomic mass is 10.0. The highest BCUT2D eigenvalue weighted by Crippen LogP contribution is 2.26. The Morgan fingerprint density at radius 2 is 2.14 bits per heavy atom. The zero-order chi connectivity index (χ0) is 15.2. The van der Waals surface area contributed by atoms with E-state index in [9.17, 15) is 4.39 Å². The molecule has 0 aliphatic heterocycles. The van der Waals surface area contributed by atoms with Crippen LogP contribution in [0.3, 0.4) is 0 Å². The van der Waals surface area contributed by atoms with E-state index in [0.29, 0.717) is 5.02 Å². The molecule has 112 valence electrons. The number of hydrogen-bond acceptors (Lipinski definition) is 3. The Bertz CT molecular complexity index is 589. The number of pyridine rings is 1. The number of rotatable bonds is 6. The molecule has 0 spiro atoms. The Labute approximate surface area is 129 Å². The molecule has 0 fully saturated rings. The fourth-order valence-electron chi connectivity index (χ4n) is 2.10. The van der Waals surface area contributed by atoms with Crippen LogP contribution in [-0.4, -0.2) is 18.6 Å². The number of nitrogens with zero attached hydrogens (tertiary/aromatic N) is 1. The van der Waals surface area contributed by atoms with E-state index in [0.717, 1.165) is 24.2 Å². The van der Waals surface area contributed by atoms with Gasteiger partial charge in [0.1, 0.15) is 0 Å². The van der Waals surface area contributed by atoms with Crippen molar-refractivity contribution < 1.29 is 9.13 Å². The zero-order valence-corrected chi connectivity index (χ0v) is 12.8. The summed E-state index contributed by atoms with van der Waals surface area (Å²) in [6.07, 6.45) is 2.57. The van der Waals surface area contributed by atoms with Gasteiger partial charge in [-0.25, -0.2) is 4.39 Å². The minimum Gasteiger partial charge on any atom is -0.494 e. The van der Waals surface area contributed by atoms with Gasteiger partial charge in [-0.2, -0.15) is 0 Å². The topological polar surface area (TPSA) is 34.1 Å². The average Bonchev–Trinajstić information content (AvgIpc) is 2.49. The van der Waals surface area contributed by atoms with Crippen LogP contribution in [-0.2, 0) is 0 Å². The lowest BCUT2D eigenvalue weighted by Gasteiger charge is -2.19. The second kappa shape index (κ2) is 7.38. The lowest BCUT2D eigenvalue weighted by Crippen LogP contribution is -2.24. The molecule has 0 saturated heterocycles. The van der Waals surface area contributed by atoms with E-state index in [1.54, 1.807) is 18.3 Å². The van der Waals surface area contributed by atoms with Gasteiger partial charge in [0.05, 0.1) is 23.9 Å². The van der Waals surface area contributed by atoms with Crippen molar-refractivity contribution in [3.63, 3.8) is 0 Å². The molecule has 2 rings (SSSR count). The summed E-state index contributed by atoms with van der Waals surface area (Å²) in [4.78, 5) is 4.33. The quantitative estimate of drug-likeness (QED) is 0.876. The zero-order valence-electron chi connectivity index (χ0n) is 12.1. The van der Waals surface area contributed by atoms with Crippen LogP contribution >= 0.6 is 11.6 Å². The highest BCUT2D eigenvalue weighted by Gasteiger charge is 2.16. The molecule has 2 aromatic rings. The molecule has 0 radical (unpaired) electrons. The van der Waals surface area contributed by atoms with Crippen LogP contribution in [0.25, 0.3) is 0 Å². The Morgan fingerprint density at radius 1 is 1.33 bits per heavy atom. The number of ether oxygens (including phenoxy) is 1. The summed E-state index contributed by atoms with van der Waals surface area (Å²) in [5, 5.41) is 3.95. The monoisotopic (exact) mass is 308 g/mol. The maximum absolute atomic E-state index is 13.9. The van der Waals surface area contributed by atoms with Crippen molar-refractivity contribution in [1.82, 2.24) is 10.3 Å². The number of nitrogens with one attached hydrogen (secondary N) is 1. The third-order valence-corrected chi connectivity index (χ3v) is 3.38. The normalized spacial score (nSPS) is 12.2. The molecule has 1 aromatic heterocycles. The van der Waals surface area contributed by atoms with Gasteiger partial charge < -0.3 is 10.1 Å². The van der Waals surface area contributed by atoms with E-state index >= 15 is 0 Å². The minimum absolute atomic E-state index is 0.178. The molecule has 0 saturated carbocycles. The predicted molar refractivity (Wildman–Crippen MR) is 82.3 cm³/mol. The van der Waals surface area contributed by atoms with Gasteiger partial charge in [-0.3, -0.25) is 4.98 Å². The summed E-state index contributed by atoms with van der Waals surface area (Å²) in [6.45, 7) is 2.89. The third kappa shape index (κ3) is 3.93. The molecule has 1 heterocycles. The molecule has 3 nitrogen and oxygen atoms in total. The van der Waals surface area contributed by atoms with E-state index in [2.05, 4.69) is 17.2 Å². The largest absolute Gasteiger partial charge is 0.494 e. The number of benzene rings is 1. The summed E-state index contributed by atoms with van der Waals surface area (Å²) in [5.74, 6) is -0.149. The van der Waals surface area contributed by atoms with Gasteiger partial charge >= 0.3 is 0 Å². The predicted octanol–water partition coefficient (Wildman–Crippen LogP) is 3.97. The molecular weight excluding hydrogens is 291 g/mol. The standard InChI is InChI=1S/C16H18ClFN2O/c1-3-8-19-16(14-6-5-12(17)10-20-14)11-4-7-15(21-2)13(18)9-11/h4-7,9-10,16,19H,3,8H2,1-2H3. The van der Waals surface area contributed by atoms with Crippen LogP contribution in [0.4, 0.5) is 4.39 Å². The summed E-state index contributed by atoms with van der Waals surface area (Å²) in [6, 6.07) is 8.39. The lowest BCUT2D eigenvalue weighted by molar-refractivity contribution is 0.385. The molecule has 0 bridgehead atoms. The fraction of sp³-hybridized carbons (Fsp3) is 0.312. The summed E-state index contributed by atoms with van der Waals surface area (Å²) in [7, 11) is 1.45. The first kappa shape index (κ1) is 15.7. The maximum Gasteiger partial charge on any atom is 0.165 e. The van der Waals surface area contributed by atoms with Gasteiger partial charge in [0.15, 0.2) is 11.6 Å². The number of aromatic nitrogens is 1. The molecular formula is C16H18ClFN2O. The van der Waals surface area contributed by atoms with Crippen LogP contribution in [0.1, 0.15) is 30.6 Å². The van der Waals surface area contributed by atoms with Gasteiger partial charge in [0.2, 0.25) is 0 Å². The van der Waals surface area contributed by atoms with Crippen molar-refractivity contribution in [2.45, 2.75) is 19.4 Å². The van der Waals surface area contributed by atoms with Crippen LogP contribution < -0.4 is 10.1 Å². The van der Waals surface area contributed by atoms with E-state index < -0.39 is 0 Å². The Kier molecular flexibility index (Phi) is 5.53. The highest BCUT2D eigenvalue weighted by atomic mass is 35.5. The van der Waals surface area contributed by atoms with Crippen LogP contribution in [0.15, 0.2) is 36.5 Å². The molecule has 1 aromatic carbocycles. The van der Waals surface area contributed by atoms with E-state index in [1.165, 1.54) is 13.2 Å². The van der Waals surface area contributed by atoms with E-state index in [1.807, 2.05) is 12.1 Å². The number of methoxy groups -OCH3 is 1. The molecule has 0 aliphatic rings. The Morgan fingerprint density at radius 3 is 2.71 bits per heavy atom. The van der Waals surface area contributed by atoms with Crippen molar-refractivity contribution in [2.75, 3.05) is 13.7 Å². The third-order valence-electron chi connectivity index (χ3n) is 3.15. The minimum atomic E-state index is -0.382. The molecule has 1 unspecified atom stereocenters. The van der Waals surface area contributed by atoms with E-state index in [-0.39, 0.29) is 17.6 Å². The molecule has 0 aliphatic carbocycles. The van der Waals surface area contributed by atoms with Crippen molar-refractivity contribution >= 4 is 11.6 Å². The summed E-state index contributed by atoms with van der Waals surface area (Å²) >= 11 is 5.87. The van der Waals surface area contributed by atoms with Crippen molar-refractivity contribution in [3.8, 4) is 5.75 Å². The molecule has 5 heteroatoms. The van der Waals surface area contributed by atoms with Crippen molar-refractivity contribution in [2.24, 2.45) is 0 Å². The number of hydrogen-bond donors (Lipinski definition) is 1. The molecule has 0 amide bonds. The van der Waals surface area contributed by atoms with Crippen LogP contribution in [0.5, 0.6) is 5.75 Å². The molecule has 1 N–H and O–H groups in total. The second-order valence-corrected chi connectivity index (χ2v) is 5.12. The average molecular weight is 309 g/mol. The van der Waals surface area contributed by atoms with Crippen molar-refractivity contribution in [3.05, 3.63) is 58.6 Å². The first-order valence-corrected chi connectivity index (χ1v) is 7.21. The summed E-state index contributed by atoms with van der Waals surface area (Å²) in [5.41, 5.74) is 1.61. The van der Waals surface area contributed by atoms with Crippen LogP contribution in [0, 0.1) is 5.82 Å². The van der Waals surface area contributed by atoms with Gasteiger partial charge in [-0.1, -0.05) is 24.6 Å². The second-order valence-electron chi connectivity index (χ2n) is 4.68. The van der Waals surface area contributed by atoms with Gasteiger partial charge in [-0.05, 0) is 42.8 Å². The van der Waals surface area contributed by atoms with Gasteiger partial charge in [0, 0.05) is 6.20 Å². The Balaban J connectivity index is 2.35. The fourth-order valence-corrected chi connectivity index (χ4v) is 2.21. The first-order valence-electron chi connectivity index (χ1n) is 6.84. The van der Waals surface area contributed by atoms with Crippen molar-refractivity contribution in [1.29, 1.82) is 0 Å². The Hall–Kier alpha value is -1.65.